The number of anilines is 2. The summed E-state index contributed by atoms with van der Waals surface area (Å²) >= 11 is 0. The second-order valence-electron chi connectivity index (χ2n) is 5.86. The maximum atomic E-state index is 5.98. The quantitative estimate of drug-likeness (QED) is 0.905. The Morgan fingerprint density at radius 3 is 2.67 bits per heavy atom. The third-order valence-corrected chi connectivity index (χ3v) is 4.26. The summed E-state index contributed by atoms with van der Waals surface area (Å²) in [6, 6.07) is 15.3. The Bertz CT molecular complexity index is 619. The van der Waals surface area contributed by atoms with Crippen molar-refractivity contribution in [2.75, 3.05) is 30.4 Å². The standard InChI is InChI=1S/C18H23N3/c1-13-3-6-16(7-4-13)20-17(12-19)14-5-8-18-15(11-14)9-10-21(18)2/h3-8,11,17,20H,9-10,12,19H2,1-2H3. The van der Waals surface area contributed by atoms with E-state index in [4.69, 9.17) is 5.73 Å². The summed E-state index contributed by atoms with van der Waals surface area (Å²) in [5, 5.41) is 3.54. The fraction of sp³-hybridized carbons (Fsp3) is 0.333. The van der Waals surface area contributed by atoms with Crippen LogP contribution in [0.15, 0.2) is 42.5 Å². The summed E-state index contributed by atoms with van der Waals surface area (Å²) in [5.74, 6) is 0. The van der Waals surface area contributed by atoms with Crippen molar-refractivity contribution < 1.29 is 0 Å². The molecule has 0 fully saturated rings. The number of benzene rings is 2. The molecule has 0 aliphatic carbocycles. The number of aryl methyl sites for hydroxylation is 1. The van der Waals surface area contributed by atoms with Gasteiger partial charge in [-0.25, -0.2) is 0 Å². The smallest absolute Gasteiger partial charge is 0.0636 e. The lowest BCUT2D eigenvalue weighted by atomic mass is 10.0. The van der Waals surface area contributed by atoms with Crippen LogP contribution < -0.4 is 16.0 Å². The van der Waals surface area contributed by atoms with E-state index < -0.39 is 0 Å². The first-order chi connectivity index (χ1) is 10.2. The minimum absolute atomic E-state index is 0.156. The number of rotatable bonds is 4. The highest BCUT2D eigenvalue weighted by Crippen LogP contribution is 2.30. The van der Waals surface area contributed by atoms with E-state index in [0.717, 1.165) is 18.7 Å². The van der Waals surface area contributed by atoms with Gasteiger partial charge in [-0.15, -0.1) is 0 Å². The number of nitrogens with one attached hydrogen (secondary N) is 1. The predicted molar refractivity (Wildman–Crippen MR) is 90.0 cm³/mol. The number of fused-ring (bicyclic) bond motifs is 1. The fourth-order valence-corrected chi connectivity index (χ4v) is 2.93. The molecule has 1 heterocycles. The predicted octanol–water partition coefficient (Wildman–Crippen LogP) is 3.10. The highest BCUT2D eigenvalue weighted by atomic mass is 15.1. The van der Waals surface area contributed by atoms with Gasteiger partial charge < -0.3 is 16.0 Å². The fourth-order valence-electron chi connectivity index (χ4n) is 2.93. The molecule has 2 aromatic rings. The van der Waals surface area contributed by atoms with Gasteiger partial charge in [0.1, 0.15) is 0 Å². The summed E-state index contributed by atoms with van der Waals surface area (Å²) in [6.45, 7) is 3.79. The van der Waals surface area contributed by atoms with E-state index in [-0.39, 0.29) is 6.04 Å². The Morgan fingerprint density at radius 2 is 1.95 bits per heavy atom. The Balaban J connectivity index is 1.82. The molecule has 21 heavy (non-hydrogen) atoms. The Labute approximate surface area is 126 Å². The summed E-state index contributed by atoms with van der Waals surface area (Å²) in [6.07, 6.45) is 1.13. The molecule has 110 valence electrons. The lowest BCUT2D eigenvalue weighted by molar-refractivity contribution is 0.789. The van der Waals surface area contributed by atoms with Gasteiger partial charge in [-0.1, -0.05) is 29.8 Å². The van der Waals surface area contributed by atoms with E-state index in [1.54, 1.807) is 0 Å². The van der Waals surface area contributed by atoms with Crippen molar-refractivity contribution in [3.63, 3.8) is 0 Å². The van der Waals surface area contributed by atoms with Crippen LogP contribution in [-0.2, 0) is 6.42 Å². The Hall–Kier alpha value is -2.00. The zero-order valence-corrected chi connectivity index (χ0v) is 12.8. The second kappa shape index (κ2) is 5.78. The van der Waals surface area contributed by atoms with Gasteiger partial charge in [0.15, 0.2) is 0 Å². The molecule has 3 nitrogen and oxygen atoms in total. The molecule has 0 amide bonds. The monoisotopic (exact) mass is 281 g/mol. The topological polar surface area (TPSA) is 41.3 Å². The van der Waals surface area contributed by atoms with Crippen LogP contribution in [0.3, 0.4) is 0 Å². The summed E-state index contributed by atoms with van der Waals surface area (Å²) in [4.78, 5) is 2.31. The van der Waals surface area contributed by atoms with E-state index in [9.17, 15) is 0 Å². The molecule has 0 spiro atoms. The number of likely N-dealkylation sites (N-methyl/N-ethyl adjacent to an activating group) is 1. The highest BCUT2D eigenvalue weighted by molar-refractivity contribution is 5.59. The molecule has 2 aromatic carbocycles. The maximum Gasteiger partial charge on any atom is 0.0636 e. The molecule has 1 unspecified atom stereocenters. The van der Waals surface area contributed by atoms with E-state index in [1.807, 2.05) is 0 Å². The molecule has 1 aliphatic heterocycles. The lowest BCUT2D eigenvalue weighted by Gasteiger charge is -2.20. The molecule has 3 heteroatoms. The molecule has 0 saturated carbocycles. The zero-order chi connectivity index (χ0) is 14.8. The van der Waals surface area contributed by atoms with Gasteiger partial charge in [0.25, 0.3) is 0 Å². The van der Waals surface area contributed by atoms with Crippen LogP contribution in [0.2, 0.25) is 0 Å². The largest absolute Gasteiger partial charge is 0.377 e. The SMILES string of the molecule is Cc1ccc(NC(CN)c2ccc3c(c2)CCN3C)cc1. The van der Waals surface area contributed by atoms with Crippen molar-refractivity contribution in [3.8, 4) is 0 Å². The van der Waals surface area contributed by atoms with Gasteiger partial charge in [0.05, 0.1) is 6.04 Å². The van der Waals surface area contributed by atoms with Gasteiger partial charge in [0.2, 0.25) is 0 Å². The maximum absolute atomic E-state index is 5.98. The van der Waals surface area contributed by atoms with Crippen LogP contribution in [0.1, 0.15) is 22.7 Å². The van der Waals surface area contributed by atoms with E-state index in [2.05, 4.69) is 66.7 Å². The molecule has 1 atom stereocenters. The van der Waals surface area contributed by atoms with Crippen molar-refractivity contribution in [1.29, 1.82) is 0 Å². The second-order valence-corrected chi connectivity index (χ2v) is 5.86. The van der Waals surface area contributed by atoms with Crippen LogP contribution in [0.5, 0.6) is 0 Å². The van der Waals surface area contributed by atoms with E-state index >= 15 is 0 Å². The van der Waals surface area contributed by atoms with Crippen LogP contribution in [0.25, 0.3) is 0 Å². The van der Waals surface area contributed by atoms with E-state index in [1.165, 1.54) is 22.4 Å². The highest BCUT2D eigenvalue weighted by Gasteiger charge is 2.18. The van der Waals surface area contributed by atoms with Crippen molar-refractivity contribution in [3.05, 3.63) is 59.2 Å². The lowest BCUT2D eigenvalue weighted by Crippen LogP contribution is -2.20. The van der Waals surface area contributed by atoms with Crippen LogP contribution in [0, 0.1) is 6.92 Å². The minimum Gasteiger partial charge on any atom is -0.377 e. The normalized spacial score (nSPS) is 14.9. The number of nitrogens with zero attached hydrogens (tertiary/aromatic N) is 1. The Morgan fingerprint density at radius 1 is 1.19 bits per heavy atom. The number of hydrogen-bond donors (Lipinski definition) is 2. The molecule has 0 aromatic heterocycles. The van der Waals surface area contributed by atoms with Crippen LogP contribution in [-0.4, -0.2) is 20.1 Å². The van der Waals surface area contributed by atoms with Crippen molar-refractivity contribution >= 4 is 11.4 Å². The van der Waals surface area contributed by atoms with Gasteiger partial charge in [0, 0.05) is 31.5 Å². The molecule has 3 rings (SSSR count). The Kier molecular flexibility index (Phi) is 3.84. The molecule has 0 bridgehead atoms. The first-order valence-corrected chi connectivity index (χ1v) is 7.54. The average molecular weight is 281 g/mol. The summed E-state index contributed by atoms with van der Waals surface area (Å²) < 4.78 is 0. The first kappa shape index (κ1) is 14.0. The number of hydrogen-bond acceptors (Lipinski definition) is 3. The van der Waals surface area contributed by atoms with Gasteiger partial charge in [-0.2, -0.15) is 0 Å². The van der Waals surface area contributed by atoms with Gasteiger partial charge in [-0.05, 0) is 42.7 Å². The third kappa shape index (κ3) is 2.88. The average Bonchev–Trinajstić information content (AvgIpc) is 2.87. The zero-order valence-electron chi connectivity index (χ0n) is 12.8. The van der Waals surface area contributed by atoms with Crippen molar-refractivity contribution in [2.45, 2.75) is 19.4 Å². The summed E-state index contributed by atoms with van der Waals surface area (Å²) in [7, 11) is 2.15. The van der Waals surface area contributed by atoms with Gasteiger partial charge >= 0.3 is 0 Å². The molecule has 1 aliphatic rings. The minimum atomic E-state index is 0.156. The third-order valence-electron chi connectivity index (χ3n) is 4.26. The molecular weight excluding hydrogens is 258 g/mol. The van der Waals surface area contributed by atoms with Crippen LogP contribution in [0.4, 0.5) is 11.4 Å². The first-order valence-electron chi connectivity index (χ1n) is 7.54. The number of nitrogens with two attached hydrogens (primary N) is 1. The van der Waals surface area contributed by atoms with Crippen LogP contribution >= 0.6 is 0 Å². The van der Waals surface area contributed by atoms with E-state index in [0.29, 0.717) is 6.54 Å². The molecular formula is C18H23N3. The van der Waals surface area contributed by atoms with Crippen molar-refractivity contribution in [1.82, 2.24) is 0 Å². The van der Waals surface area contributed by atoms with Gasteiger partial charge in [-0.3, -0.25) is 0 Å². The summed E-state index contributed by atoms with van der Waals surface area (Å²) in [5.41, 5.74) is 12.4. The molecule has 0 radical (unpaired) electrons. The molecule has 0 saturated heterocycles. The van der Waals surface area contributed by atoms with Crippen molar-refractivity contribution in [2.24, 2.45) is 5.73 Å². The molecule has 3 N–H and O–H groups in total.